The molecule has 0 radical (unpaired) electrons. The van der Waals surface area contributed by atoms with Gasteiger partial charge in [0.15, 0.2) is 0 Å². The molecule has 0 aliphatic carbocycles. The van der Waals surface area contributed by atoms with Gasteiger partial charge in [-0.3, -0.25) is 4.98 Å². The van der Waals surface area contributed by atoms with E-state index in [9.17, 15) is 8.42 Å². The molecular weight excluding hydrogens is 340 g/mol. The van der Waals surface area contributed by atoms with Crippen LogP contribution in [0, 0.1) is 0 Å². The van der Waals surface area contributed by atoms with Gasteiger partial charge in [-0.15, -0.1) is 11.3 Å². The second-order valence-electron chi connectivity index (χ2n) is 5.07. The number of pyridine rings is 1. The zero-order valence-electron chi connectivity index (χ0n) is 12.8. The van der Waals surface area contributed by atoms with E-state index in [1.807, 2.05) is 53.9 Å². The molecular formula is C18H16N2O2S2. The quantitative estimate of drug-likeness (QED) is 0.729. The summed E-state index contributed by atoms with van der Waals surface area (Å²) in [4.78, 5) is 5.39. The molecule has 2 heterocycles. The average Bonchev–Trinajstić information content (AvgIpc) is 3.14. The van der Waals surface area contributed by atoms with Crippen LogP contribution in [-0.2, 0) is 16.6 Å². The highest BCUT2D eigenvalue weighted by atomic mass is 32.2. The second-order valence-corrected chi connectivity index (χ2v) is 7.67. The summed E-state index contributed by atoms with van der Waals surface area (Å²) in [5, 5.41) is 3.16. The Morgan fingerprint density at radius 2 is 1.88 bits per heavy atom. The Balaban J connectivity index is 1.73. The van der Waals surface area contributed by atoms with E-state index in [1.165, 1.54) is 5.41 Å². The van der Waals surface area contributed by atoms with E-state index < -0.39 is 10.0 Å². The highest BCUT2D eigenvalue weighted by Crippen LogP contribution is 2.25. The minimum absolute atomic E-state index is 0.197. The first kappa shape index (κ1) is 16.6. The summed E-state index contributed by atoms with van der Waals surface area (Å²) in [6, 6.07) is 16.9. The van der Waals surface area contributed by atoms with Crippen LogP contribution in [0.5, 0.6) is 0 Å². The summed E-state index contributed by atoms with van der Waals surface area (Å²) < 4.78 is 26.9. The van der Waals surface area contributed by atoms with E-state index >= 15 is 0 Å². The fourth-order valence-corrected chi connectivity index (χ4v) is 3.72. The maximum atomic E-state index is 12.2. The minimum Gasteiger partial charge on any atom is -0.255 e. The lowest BCUT2D eigenvalue weighted by atomic mass is 10.2. The third kappa shape index (κ3) is 4.38. The molecule has 1 aromatic carbocycles. The summed E-state index contributed by atoms with van der Waals surface area (Å²) in [7, 11) is -3.52. The largest absolute Gasteiger partial charge is 0.255 e. The van der Waals surface area contributed by atoms with Crippen molar-refractivity contribution in [3.05, 3.63) is 82.7 Å². The van der Waals surface area contributed by atoms with E-state index in [-0.39, 0.29) is 6.54 Å². The van der Waals surface area contributed by atoms with Crippen LogP contribution in [0.15, 0.2) is 71.6 Å². The first-order valence-corrected chi connectivity index (χ1v) is 9.77. The fourth-order valence-electron chi connectivity index (χ4n) is 2.18. The lowest BCUT2D eigenvalue weighted by Crippen LogP contribution is -2.21. The van der Waals surface area contributed by atoms with E-state index in [4.69, 9.17) is 0 Å². The molecule has 6 heteroatoms. The van der Waals surface area contributed by atoms with Crippen LogP contribution in [0.2, 0.25) is 0 Å². The van der Waals surface area contributed by atoms with Crippen LogP contribution in [0.3, 0.4) is 0 Å². The Morgan fingerprint density at radius 1 is 1.04 bits per heavy atom. The van der Waals surface area contributed by atoms with Gasteiger partial charge in [0.1, 0.15) is 0 Å². The van der Waals surface area contributed by atoms with Gasteiger partial charge >= 0.3 is 0 Å². The fraction of sp³-hybridized carbons (Fsp3) is 0.0556. The lowest BCUT2D eigenvalue weighted by molar-refractivity contribution is 0.591. The van der Waals surface area contributed by atoms with Crippen LogP contribution in [-0.4, -0.2) is 13.4 Å². The smallest absolute Gasteiger partial charge is 0.234 e. The number of rotatable bonds is 6. The van der Waals surface area contributed by atoms with Crippen molar-refractivity contribution >= 4 is 27.4 Å². The molecule has 24 heavy (non-hydrogen) atoms. The summed E-state index contributed by atoms with van der Waals surface area (Å²) in [5.41, 5.74) is 2.49. The van der Waals surface area contributed by atoms with E-state index in [2.05, 4.69) is 9.71 Å². The van der Waals surface area contributed by atoms with Gasteiger partial charge in [0.25, 0.3) is 0 Å². The molecule has 0 saturated carbocycles. The van der Waals surface area contributed by atoms with Crippen molar-refractivity contribution in [2.45, 2.75) is 6.54 Å². The van der Waals surface area contributed by atoms with E-state index in [0.29, 0.717) is 0 Å². The van der Waals surface area contributed by atoms with Gasteiger partial charge in [-0.2, -0.15) is 0 Å². The molecule has 0 bridgehead atoms. The SMILES string of the molecule is O=S(=O)(/C=C/c1ccccc1)NCc1cccnc1-c1cccs1. The second kappa shape index (κ2) is 7.53. The molecule has 0 saturated heterocycles. The third-order valence-electron chi connectivity index (χ3n) is 3.35. The van der Waals surface area contributed by atoms with Gasteiger partial charge < -0.3 is 0 Å². The highest BCUT2D eigenvalue weighted by Gasteiger charge is 2.10. The monoisotopic (exact) mass is 356 g/mol. The van der Waals surface area contributed by atoms with Gasteiger partial charge in [-0.1, -0.05) is 42.5 Å². The highest BCUT2D eigenvalue weighted by molar-refractivity contribution is 7.92. The zero-order valence-corrected chi connectivity index (χ0v) is 14.4. The van der Waals surface area contributed by atoms with Crippen molar-refractivity contribution in [1.29, 1.82) is 0 Å². The van der Waals surface area contributed by atoms with Crippen LogP contribution >= 0.6 is 11.3 Å². The van der Waals surface area contributed by atoms with Crippen molar-refractivity contribution in [3.63, 3.8) is 0 Å². The Morgan fingerprint density at radius 3 is 2.62 bits per heavy atom. The van der Waals surface area contributed by atoms with Gasteiger partial charge in [-0.05, 0) is 34.7 Å². The molecule has 0 fully saturated rings. The van der Waals surface area contributed by atoms with Gasteiger partial charge in [0.2, 0.25) is 10.0 Å². The summed E-state index contributed by atoms with van der Waals surface area (Å²) in [5.74, 6) is 0. The molecule has 3 aromatic rings. The number of nitrogens with one attached hydrogen (secondary N) is 1. The van der Waals surface area contributed by atoms with Gasteiger partial charge in [0, 0.05) is 18.1 Å². The van der Waals surface area contributed by atoms with Crippen molar-refractivity contribution < 1.29 is 8.42 Å². The molecule has 0 aliphatic heterocycles. The number of benzene rings is 1. The minimum atomic E-state index is -3.52. The number of aromatic nitrogens is 1. The summed E-state index contributed by atoms with van der Waals surface area (Å²) in [6.07, 6.45) is 3.29. The zero-order chi connectivity index (χ0) is 16.8. The van der Waals surface area contributed by atoms with Crippen LogP contribution < -0.4 is 4.72 Å². The average molecular weight is 356 g/mol. The molecule has 4 nitrogen and oxygen atoms in total. The molecule has 0 amide bonds. The maximum Gasteiger partial charge on any atom is 0.234 e. The molecule has 0 aliphatic rings. The van der Waals surface area contributed by atoms with E-state index in [1.54, 1.807) is 29.7 Å². The van der Waals surface area contributed by atoms with Crippen molar-refractivity contribution in [2.24, 2.45) is 0 Å². The Bertz CT molecular complexity index is 919. The van der Waals surface area contributed by atoms with E-state index in [0.717, 1.165) is 21.7 Å². The van der Waals surface area contributed by atoms with Gasteiger partial charge in [-0.25, -0.2) is 13.1 Å². The van der Waals surface area contributed by atoms with Crippen molar-refractivity contribution in [2.75, 3.05) is 0 Å². The maximum absolute atomic E-state index is 12.2. The number of hydrogen-bond acceptors (Lipinski definition) is 4. The molecule has 3 rings (SSSR count). The number of sulfonamides is 1. The molecule has 0 atom stereocenters. The number of hydrogen-bond donors (Lipinski definition) is 1. The van der Waals surface area contributed by atoms with Crippen LogP contribution in [0.1, 0.15) is 11.1 Å². The molecule has 0 unspecified atom stereocenters. The lowest BCUT2D eigenvalue weighted by Gasteiger charge is -2.07. The Kier molecular flexibility index (Phi) is 5.20. The first-order valence-electron chi connectivity index (χ1n) is 7.35. The Hall–Kier alpha value is -2.28. The topological polar surface area (TPSA) is 59.1 Å². The predicted molar refractivity (Wildman–Crippen MR) is 98.8 cm³/mol. The number of nitrogens with zero attached hydrogens (tertiary/aromatic N) is 1. The third-order valence-corrected chi connectivity index (χ3v) is 5.27. The van der Waals surface area contributed by atoms with Crippen molar-refractivity contribution in [1.82, 2.24) is 9.71 Å². The molecule has 2 aromatic heterocycles. The number of thiophene rings is 1. The molecule has 122 valence electrons. The Labute approximate surface area is 145 Å². The van der Waals surface area contributed by atoms with Crippen LogP contribution in [0.4, 0.5) is 0 Å². The molecule has 1 N–H and O–H groups in total. The van der Waals surface area contributed by atoms with Gasteiger partial charge in [0.05, 0.1) is 10.6 Å². The summed E-state index contributed by atoms with van der Waals surface area (Å²) >= 11 is 1.58. The normalized spacial score (nSPS) is 11.8. The molecule has 0 spiro atoms. The standard InChI is InChI=1S/C18H16N2O2S2/c21-24(22,13-10-15-6-2-1-3-7-15)20-14-16-8-4-11-19-18(16)17-9-5-12-23-17/h1-13,20H,14H2/b13-10+. The van der Waals surface area contributed by atoms with Crippen molar-refractivity contribution in [3.8, 4) is 10.6 Å². The first-order chi connectivity index (χ1) is 11.6. The summed E-state index contributed by atoms with van der Waals surface area (Å²) in [6.45, 7) is 0.197. The predicted octanol–water partition coefficient (Wildman–Crippen LogP) is 3.90. The van der Waals surface area contributed by atoms with Crippen LogP contribution in [0.25, 0.3) is 16.6 Å².